The Morgan fingerprint density at radius 3 is 2.67 bits per heavy atom. The second-order valence-corrected chi connectivity index (χ2v) is 7.36. The van der Waals surface area contributed by atoms with Gasteiger partial charge in [0.1, 0.15) is 30.3 Å². The van der Waals surface area contributed by atoms with E-state index in [0.29, 0.717) is 15.4 Å². The number of fused-ring (bicyclic) bond motifs is 1. The van der Waals surface area contributed by atoms with Gasteiger partial charge in [-0.25, -0.2) is 19.2 Å². The summed E-state index contributed by atoms with van der Waals surface area (Å²) < 4.78 is 20.5. The number of carboxylic acids is 1. The second kappa shape index (κ2) is 10.5. The van der Waals surface area contributed by atoms with E-state index in [1.54, 1.807) is 12.1 Å². The number of carbonyl (C=O) groups excluding carboxylic acids is 2. The van der Waals surface area contributed by atoms with Gasteiger partial charge in [0.2, 0.25) is 5.91 Å². The van der Waals surface area contributed by atoms with Gasteiger partial charge in [0.25, 0.3) is 0 Å². The molecule has 0 aliphatic rings. The minimum Gasteiger partial charge on any atom is -0.489 e. The highest BCUT2D eigenvalue weighted by Crippen LogP contribution is 2.34. The van der Waals surface area contributed by atoms with Crippen molar-refractivity contribution < 1.29 is 28.6 Å². The van der Waals surface area contributed by atoms with Crippen LogP contribution in [0.3, 0.4) is 0 Å². The van der Waals surface area contributed by atoms with Crippen molar-refractivity contribution in [3.8, 4) is 5.75 Å². The van der Waals surface area contributed by atoms with Gasteiger partial charge < -0.3 is 25.8 Å². The number of hydrogen-bond acceptors (Lipinski definition) is 7. The Bertz CT molecular complexity index is 1250. The zero-order chi connectivity index (χ0) is 24.0. The van der Waals surface area contributed by atoms with E-state index in [4.69, 9.17) is 9.84 Å². The molecule has 0 radical (unpaired) electrons. The van der Waals surface area contributed by atoms with Crippen LogP contribution in [0.15, 0.2) is 53.8 Å². The number of aromatic nitrogens is 2. The summed E-state index contributed by atoms with van der Waals surface area (Å²) in [7, 11) is 0. The first kappa shape index (κ1) is 23.6. The lowest BCUT2D eigenvalue weighted by Gasteiger charge is -2.15. The maximum absolute atomic E-state index is 14.3. The quantitative estimate of drug-likeness (QED) is 0.203. The minimum absolute atomic E-state index is 0.0816. The lowest BCUT2D eigenvalue weighted by atomic mass is 10.1. The minimum atomic E-state index is -1.61. The Morgan fingerprint density at radius 2 is 1.97 bits per heavy atom. The van der Waals surface area contributed by atoms with Gasteiger partial charge in [-0.2, -0.15) is 0 Å². The fourth-order valence-electron chi connectivity index (χ4n) is 2.70. The number of benzene rings is 2. The van der Waals surface area contributed by atoms with Crippen molar-refractivity contribution >= 4 is 61.8 Å². The van der Waals surface area contributed by atoms with Crippen molar-refractivity contribution in [1.82, 2.24) is 15.3 Å². The van der Waals surface area contributed by atoms with Gasteiger partial charge >= 0.3 is 11.9 Å². The summed E-state index contributed by atoms with van der Waals surface area (Å²) in [5, 5.41) is 16.7. The molecule has 3 rings (SSSR count). The van der Waals surface area contributed by atoms with Gasteiger partial charge in [-0.3, -0.25) is 9.59 Å². The van der Waals surface area contributed by atoms with Crippen LogP contribution in [0.1, 0.15) is 0 Å². The Hall–Kier alpha value is -4.06. The zero-order valence-electron chi connectivity index (χ0n) is 16.9. The van der Waals surface area contributed by atoms with E-state index in [9.17, 15) is 18.8 Å². The van der Waals surface area contributed by atoms with E-state index < -0.39 is 23.6 Å². The number of rotatable bonds is 8. The lowest BCUT2D eigenvalue weighted by Crippen LogP contribution is -2.33. The molecule has 0 saturated carbocycles. The number of anilines is 3. The molecule has 2 aromatic carbocycles. The summed E-state index contributed by atoms with van der Waals surface area (Å²) in [6.45, 7) is 3.24. The van der Waals surface area contributed by atoms with Gasteiger partial charge in [0.15, 0.2) is 0 Å². The van der Waals surface area contributed by atoms with Crippen LogP contribution in [0, 0.1) is 5.82 Å². The molecule has 0 unspecified atom stereocenters. The molecule has 12 heteroatoms. The molecule has 0 aliphatic carbocycles. The van der Waals surface area contributed by atoms with Crippen molar-refractivity contribution in [2.24, 2.45) is 0 Å². The molecule has 0 atom stereocenters. The van der Waals surface area contributed by atoms with Gasteiger partial charge in [-0.05, 0) is 30.3 Å². The average Bonchev–Trinajstić information content (AvgIpc) is 2.78. The molecule has 3 aromatic rings. The molecule has 33 heavy (non-hydrogen) atoms. The summed E-state index contributed by atoms with van der Waals surface area (Å²) >= 11 is 3.20. The smallest absolute Gasteiger partial charge is 0.394 e. The van der Waals surface area contributed by atoms with Crippen molar-refractivity contribution in [3.63, 3.8) is 0 Å². The molecule has 1 heterocycles. The number of nitrogens with zero attached hydrogens (tertiary/aromatic N) is 2. The molecule has 10 nitrogen and oxygen atoms in total. The molecule has 1 aromatic heterocycles. The van der Waals surface area contributed by atoms with Gasteiger partial charge in [-0.15, -0.1) is 0 Å². The third-order valence-corrected chi connectivity index (χ3v) is 4.70. The summed E-state index contributed by atoms with van der Waals surface area (Å²) in [4.78, 5) is 42.0. The lowest BCUT2D eigenvalue weighted by molar-refractivity contribution is -0.150. The fourth-order valence-corrected chi connectivity index (χ4v) is 3.04. The van der Waals surface area contributed by atoms with Crippen LogP contribution in [0.4, 0.5) is 21.6 Å². The average molecular weight is 518 g/mol. The van der Waals surface area contributed by atoms with Crippen LogP contribution < -0.4 is 20.7 Å². The predicted octanol–water partition coefficient (Wildman–Crippen LogP) is 2.98. The third-order valence-electron chi connectivity index (χ3n) is 4.20. The second-order valence-electron chi connectivity index (χ2n) is 6.44. The molecule has 2 amide bonds. The highest BCUT2D eigenvalue weighted by atomic mass is 79.9. The number of amides is 2. The van der Waals surface area contributed by atoms with Crippen LogP contribution in [0.5, 0.6) is 5.75 Å². The predicted molar refractivity (Wildman–Crippen MR) is 122 cm³/mol. The number of nitrogens with one attached hydrogen (secondary N) is 3. The van der Waals surface area contributed by atoms with E-state index in [0.717, 1.165) is 6.08 Å². The SMILES string of the molecule is C=CC(=O)Nc1cc2c(Nc3ccc(Br)cc3F)ncnc2cc1OCCNC(=O)C(=O)O. The summed E-state index contributed by atoms with van der Waals surface area (Å²) in [5.74, 6) is -3.29. The molecular weight excluding hydrogens is 501 g/mol. The Morgan fingerprint density at radius 1 is 1.18 bits per heavy atom. The van der Waals surface area contributed by atoms with Crippen molar-refractivity contribution in [2.45, 2.75) is 0 Å². The van der Waals surface area contributed by atoms with Crippen LogP contribution >= 0.6 is 15.9 Å². The number of ether oxygens (including phenoxy) is 1. The molecule has 4 N–H and O–H groups in total. The Labute approximate surface area is 195 Å². The van der Waals surface area contributed by atoms with Crippen molar-refractivity contribution in [3.05, 3.63) is 59.6 Å². The van der Waals surface area contributed by atoms with Gasteiger partial charge in [0, 0.05) is 15.9 Å². The van der Waals surface area contributed by atoms with E-state index >= 15 is 0 Å². The Kier molecular flexibility index (Phi) is 7.51. The fraction of sp³-hybridized carbons (Fsp3) is 0.0952. The number of hydrogen-bond donors (Lipinski definition) is 4. The zero-order valence-corrected chi connectivity index (χ0v) is 18.5. The topological polar surface area (TPSA) is 143 Å². The number of carboxylic acid groups (broad SMARTS) is 1. The number of aliphatic carboxylic acids is 1. The summed E-state index contributed by atoms with van der Waals surface area (Å²) in [6.07, 6.45) is 2.35. The first-order valence-corrected chi connectivity index (χ1v) is 10.2. The molecule has 0 bridgehead atoms. The van der Waals surface area contributed by atoms with Crippen molar-refractivity contribution in [1.29, 1.82) is 0 Å². The standard InChI is InChI=1S/C21H17BrFN5O5/c1-2-18(29)27-16-8-12-15(9-17(16)33-6-5-24-20(30)21(31)32)25-10-26-19(12)28-14-4-3-11(22)7-13(14)23/h2-4,7-10H,1,5-6H2,(H,24,30)(H,27,29)(H,31,32)(H,25,26,28). The number of halogens is 2. The van der Waals surface area contributed by atoms with Crippen molar-refractivity contribution in [2.75, 3.05) is 23.8 Å². The summed E-state index contributed by atoms with van der Waals surface area (Å²) in [6, 6.07) is 7.58. The highest BCUT2D eigenvalue weighted by Gasteiger charge is 2.15. The Balaban J connectivity index is 1.92. The largest absolute Gasteiger partial charge is 0.489 e. The highest BCUT2D eigenvalue weighted by molar-refractivity contribution is 9.10. The van der Waals surface area contributed by atoms with Crippen LogP contribution in [0.2, 0.25) is 0 Å². The molecule has 0 spiro atoms. The summed E-state index contributed by atoms with van der Waals surface area (Å²) in [5.41, 5.74) is 0.849. The molecule has 0 saturated heterocycles. The van der Waals surface area contributed by atoms with E-state index in [2.05, 4.69) is 48.4 Å². The monoisotopic (exact) mass is 517 g/mol. The van der Waals surface area contributed by atoms with E-state index in [1.807, 2.05) is 0 Å². The first-order valence-electron chi connectivity index (χ1n) is 9.36. The van der Waals surface area contributed by atoms with Crippen LogP contribution in [-0.4, -0.2) is 46.0 Å². The van der Waals surface area contributed by atoms with E-state index in [-0.39, 0.29) is 36.1 Å². The van der Waals surface area contributed by atoms with E-state index in [1.165, 1.54) is 24.5 Å². The van der Waals surface area contributed by atoms with Crippen LogP contribution in [-0.2, 0) is 14.4 Å². The normalized spacial score (nSPS) is 10.4. The molecular formula is C21H17BrFN5O5. The molecule has 0 fully saturated rings. The molecule has 0 aliphatic heterocycles. The molecule has 170 valence electrons. The van der Waals surface area contributed by atoms with Gasteiger partial charge in [-0.1, -0.05) is 22.5 Å². The van der Waals surface area contributed by atoms with Gasteiger partial charge in [0.05, 0.1) is 23.4 Å². The first-order chi connectivity index (χ1) is 15.8. The van der Waals surface area contributed by atoms with Crippen LogP contribution in [0.25, 0.3) is 10.9 Å². The maximum Gasteiger partial charge on any atom is 0.394 e. The third kappa shape index (κ3) is 6.01. The maximum atomic E-state index is 14.3. The number of carbonyl (C=O) groups is 3.